The van der Waals surface area contributed by atoms with Gasteiger partial charge in [-0.1, -0.05) is 24.3 Å². The topological polar surface area (TPSA) is 79.1 Å². The van der Waals surface area contributed by atoms with E-state index in [9.17, 15) is 9.90 Å². The zero-order valence-electron chi connectivity index (χ0n) is 10.3. The fraction of sp³-hybridized carbons (Fsp3) is 0.133. The van der Waals surface area contributed by atoms with Crippen molar-refractivity contribution < 1.29 is 9.90 Å². The van der Waals surface area contributed by atoms with E-state index in [1.807, 2.05) is 42.5 Å². The molecule has 0 bridgehead atoms. The molecule has 3 aromatic rings. The highest BCUT2D eigenvalue weighted by Crippen LogP contribution is 2.28. The van der Waals surface area contributed by atoms with Gasteiger partial charge < -0.3 is 15.8 Å². The number of carboxylic acids is 1. The van der Waals surface area contributed by atoms with E-state index in [0.29, 0.717) is 0 Å². The van der Waals surface area contributed by atoms with E-state index in [0.717, 1.165) is 27.4 Å². The highest BCUT2D eigenvalue weighted by Gasteiger charge is 2.18. The second-order valence-electron chi connectivity index (χ2n) is 4.60. The van der Waals surface area contributed by atoms with Crippen LogP contribution in [-0.2, 0) is 4.79 Å². The number of carbonyl (C=O) groups is 1. The molecule has 4 heteroatoms. The van der Waals surface area contributed by atoms with Crippen molar-refractivity contribution in [1.82, 2.24) is 4.98 Å². The molecule has 0 saturated heterocycles. The second kappa shape index (κ2) is 4.40. The summed E-state index contributed by atoms with van der Waals surface area (Å²) >= 11 is 0. The molecule has 0 aliphatic heterocycles. The van der Waals surface area contributed by atoms with E-state index in [1.54, 1.807) is 0 Å². The van der Waals surface area contributed by atoms with Crippen molar-refractivity contribution in [3.63, 3.8) is 0 Å². The molecule has 0 aliphatic carbocycles. The number of hydrogen-bond acceptors (Lipinski definition) is 2. The van der Waals surface area contributed by atoms with Crippen molar-refractivity contribution in [1.29, 1.82) is 0 Å². The number of benzene rings is 2. The first-order valence-corrected chi connectivity index (χ1v) is 6.14. The molecule has 0 fully saturated rings. The Labute approximate surface area is 109 Å². The summed E-state index contributed by atoms with van der Waals surface area (Å²) in [6.45, 7) is 0.100. The summed E-state index contributed by atoms with van der Waals surface area (Å²) in [4.78, 5) is 14.5. The Morgan fingerprint density at radius 1 is 1.16 bits per heavy atom. The number of aromatic amines is 1. The first-order valence-electron chi connectivity index (χ1n) is 6.14. The van der Waals surface area contributed by atoms with Crippen molar-refractivity contribution in [3.8, 4) is 0 Å². The van der Waals surface area contributed by atoms with Crippen LogP contribution < -0.4 is 5.73 Å². The Balaban J connectivity index is 2.24. The third-order valence-corrected chi connectivity index (χ3v) is 3.47. The summed E-state index contributed by atoms with van der Waals surface area (Å²) < 4.78 is 0. The van der Waals surface area contributed by atoms with Crippen molar-refractivity contribution in [2.75, 3.05) is 6.54 Å². The average Bonchev–Trinajstić information content (AvgIpc) is 2.77. The Kier molecular flexibility index (Phi) is 2.72. The molecule has 2 aromatic carbocycles. The molecular weight excluding hydrogens is 240 g/mol. The minimum atomic E-state index is -0.887. The molecule has 1 atom stereocenters. The van der Waals surface area contributed by atoms with Crippen molar-refractivity contribution in [2.45, 2.75) is 5.92 Å². The molecule has 1 aromatic heterocycles. The predicted molar refractivity (Wildman–Crippen MR) is 75.2 cm³/mol. The van der Waals surface area contributed by atoms with Gasteiger partial charge in [0.1, 0.15) is 0 Å². The van der Waals surface area contributed by atoms with Gasteiger partial charge in [-0.05, 0) is 23.8 Å². The maximum absolute atomic E-state index is 11.2. The lowest BCUT2D eigenvalue weighted by Crippen LogP contribution is -2.20. The average molecular weight is 254 g/mol. The van der Waals surface area contributed by atoms with Gasteiger partial charge in [-0.15, -0.1) is 0 Å². The summed E-state index contributed by atoms with van der Waals surface area (Å²) in [5, 5.41) is 11.3. The highest BCUT2D eigenvalue weighted by atomic mass is 16.4. The predicted octanol–water partition coefficient (Wildman–Crippen LogP) is 2.45. The molecule has 1 heterocycles. The first kappa shape index (κ1) is 11.7. The van der Waals surface area contributed by atoms with Gasteiger partial charge in [-0.25, -0.2) is 0 Å². The number of carboxylic acid groups (broad SMARTS) is 1. The molecule has 0 spiro atoms. The van der Waals surface area contributed by atoms with E-state index < -0.39 is 11.9 Å². The highest BCUT2D eigenvalue weighted by molar-refractivity contribution is 6.07. The minimum Gasteiger partial charge on any atom is -0.481 e. The number of para-hydroxylation sites is 1. The number of aromatic nitrogens is 1. The SMILES string of the molecule is NCC(C(=O)O)c1ccc2[nH]c3ccccc3c2c1. The zero-order chi connectivity index (χ0) is 13.4. The molecule has 0 amide bonds. The van der Waals surface area contributed by atoms with Crippen LogP contribution in [0.2, 0.25) is 0 Å². The lowest BCUT2D eigenvalue weighted by Gasteiger charge is -2.09. The Bertz CT molecular complexity index is 761. The van der Waals surface area contributed by atoms with Crippen LogP contribution in [0.25, 0.3) is 21.8 Å². The van der Waals surface area contributed by atoms with Crippen LogP contribution in [0.1, 0.15) is 11.5 Å². The molecule has 96 valence electrons. The van der Waals surface area contributed by atoms with Crippen LogP contribution in [-0.4, -0.2) is 22.6 Å². The van der Waals surface area contributed by atoms with E-state index in [1.165, 1.54) is 0 Å². The van der Waals surface area contributed by atoms with Gasteiger partial charge in [0.2, 0.25) is 0 Å². The van der Waals surface area contributed by atoms with Gasteiger partial charge in [-0.2, -0.15) is 0 Å². The molecule has 0 aliphatic rings. The summed E-state index contributed by atoms with van der Waals surface area (Å²) in [5.41, 5.74) is 8.35. The summed E-state index contributed by atoms with van der Waals surface area (Å²) in [6.07, 6.45) is 0. The lowest BCUT2D eigenvalue weighted by molar-refractivity contribution is -0.138. The number of H-pyrrole nitrogens is 1. The molecule has 3 rings (SSSR count). The number of nitrogens with one attached hydrogen (secondary N) is 1. The van der Waals surface area contributed by atoms with Gasteiger partial charge >= 0.3 is 5.97 Å². The van der Waals surface area contributed by atoms with Crippen molar-refractivity contribution >= 4 is 27.8 Å². The van der Waals surface area contributed by atoms with Gasteiger partial charge in [-0.3, -0.25) is 4.79 Å². The zero-order valence-corrected chi connectivity index (χ0v) is 10.3. The fourth-order valence-corrected chi connectivity index (χ4v) is 2.46. The van der Waals surface area contributed by atoms with Crippen LogP contribution in [0.5, 0.6) is 0 Å². The van der Waals surface area contributed by atoms with E-state index in [-0.39, 0.29) is 6.54 Å². The molecule has 0 radical (unpaired) electrons. The number of hydrogen-bond donors (Lipinski definition) is 3. The Hall–Kier alpha value is -2.33. The third-order valence-electron chi connectivity index (χ3n) is 3.47. The summed E-state index contributed by atoms with van der Waals surface area (Å²) in [7, 11) is 0. The van der Waals surface area contributed by atoms with Crippen molar-refractivity contribution in [2.24, 2.45) is 5.73 Å². The lowest BCUT2D eigenvalue weighted by atomic mass is 9.97. The van der Waals surface area contributed by atoms with Crippen LogP contribution in [0.4, 0.5) is 0 Å². The number of aliphatic carboxylic acids is 1. The normalized spacial score (nSPS) is 12.9. The van der Waals surface area contributed by atoms with E-state index in [4.69, 9.17) is 5.73 Å². The first-order chi connectivity index (χ1) is 9.20. The smallest absolute Gasteiger partial charge is 0.312 e. The summed E-state index contributed by atoms with van der Waals surface area (Å²) in [6, 6.07) is 13.6. The summed E-state index contributed by atoms with van der Waals surface area (Å²) in [5.74, 6) is -1.54. The fourth-order valence-electron chi connectivity index (χ4n) is 2.46. The third kappa shape index (κ3) is 1.86. The number of nitrogens with two attached hydrogens (primary N) is 1. The quantitative estimate of drug-likeness (QED) is 0.671. The van der Waals surface area contributed by atoms with Gasteiger partial charge in [0.15, 0.2) is 0 Å². The maximum atomic E-state index is 11.2. The van der Waals surface area contributed by atoms with Gasteiger partial charge in [0.25, 0.3) is 0 Å². The molecule has 4 nitrogen and oxygen atoms in total. The van der Waals surface area contributed by atoms with E-state index >= 15 is 0 Å². The Morgan fingerprint density at radius 2 is 1.89 bits per heavy atom. The second-order valence-corrected chi connectivity index (χ2v) is 4.60. The largest absolute Gasteiger partial charge is 0.481 e. The van der Waals surface area contributed by atoms with E-state index in [2.05, 4.69) is 4.98 Å². The molecular formula is C15H14N2O2. The molecule has 4 N–H and O–H groups in total. The standard InChI is InChI=1S/C15H14N2O2/c16-8-12(15(18)19)9-5-6-14-11(7-9)10-3-1-2-4-13(10)17-14/h1-7,12,17H,8,16H2,(H,18,19). The molecule has 0 saturated carbocycles. The van der Waals surface area contributed by atoms with Crippen LogP contribution in [0.3, 0.4) is 0 Å². The number of rotatable bonds is 3. The molecule has 1 unspecified atom stereocenters. The minimum absolute atomic E-state index is 0.100. The number of fused-ring (bicyclic) bond motifs is 3. The van der Waals surface area contributed by atoms with Crippen LogP contribution in [0.15, 0.2) is 42.5 Å². The van der Waals surface area contributed by atoms with Gasteiger partial charge in [0.05, 0.1) is 5.92 Å². The molecule has 19 heavy (non-hydrogen) atoms. The Morgan fingerprint density at radius 3 is 2.63 bits per heavy atom. The van der Waals surface area contributed by atoms with Crippen LogP contribution in [0, 0.1) is 0 Å². The van der Waals surface area contributed by atoms with Gasteiger partial charge in [0, 0.05) is 28.4 Å². The maximum Gasteiger partial charge on any atom is 0.312 e. The van der Waals surface area contributed by atoms with Crippen LogP contribution >= 0.6 is 0 Å². The van der Waals surface area contributed by atoms with Crippen molar-refractivity contribution in [3.05, 3.63) is 48.0 Å². The monoisotopic (exact) mass is 254 g/mol.